The summed E-state index contributed by atoms with van der Waals surface area (Å²) in [6, 6.07) is 0. The van der Waals surface area contributed by atoms with E-state index in [0.717, 1.165) is 31.0 Å². The second-order valence-corrected chi connectivity index (χ2v) is 5.63. The molecule has 18 heavy (non-hydrogen) atoms. The molecule has 0 aromatic heterocycles. The minimum absolute atomic E-state index is 0.0117. The first-order valence-corrected chi connectivity index (χ1v) is 8.65. The maximum Gasteiger partial charge on any atom is 0.305 e. The fraction of sp³-hybridized carbons (Fsp3) is 0.933. The van der Waals surface area contributed by atoms with E-state index in [0.29, 0.717) is 13.0 Å². The van der Waals surface area contributed by atoms with Crippen LogP contribution >= 0.6 is 15.9 Å². The lowest BCUT2D eigenvalue weighted by molar-refractivity contribution is -0.143. The minimum atomic E-state index is -0.0117. The van der Waals surface area contributed by atoms with E-state index in [-0.39, 0.29) is 5.97 Å². The van der Waals surface area contributed by atoms with Crippen LogP contribution in [0.1, 0.15) is 77.6 Å². The van der Waals surface area contributed by atoms with Crippen LogP contribution in [0.3, 0.4) is 0 Å². The van der Waals surface area contributed by atoms with Crippen LogP contribution in [0.15, 0.2) is 0 Å². The SMILES string of the molecule is CCCCCCCCCC(=O)OCCCCCBr. The van der Waals surface area contributed by atoms with Crippen LogP contribution in [0.2, 0.25) is 0 Å². The maximum atomic E-state index is 11.4. The average molecular weight is 321 g/mol. The quantitative estimate of drug-likeness (QED) is 0.263. The zero-order valence-electron chi connectivity index (χ0n) is 11.9. The van der Waals surface area contributed by atoms with Crippen molar-refractivity contribution in [2.45, 2.75) is 77.6 Å². The smallest absolute Gasteiger partial charge is 0.305 e. The molecule has 0 heterocycles. The lowest BCUT2D eigenvalue weighted by Crippen LogP contribution is -2.05. The first-order valence-electron chi connectivity index (χ1n) is 7.52. The number of ether oxygens (including phenoxy) is 1. The van der Waals surface area contributed by atoms with E-state index in [2.05, 4.69) is 22.9 Å². The maximum absolute atomic E-state index is 11.4. The molecule has 108 valence electrons. The van der Waals surface area contributed by atoms with Gasteiger partial charge in [0.1, 0.15) is 0 Å². The van der Waals surface area contributed by atoms with Crippen molar-refractivity contribution in [3.05, 3.63) is 0 Å². The van der Waals surface area contributed by atoms with Crippen LogP contribution in [0.25, 0.3) is 0 Å². The molecule has 0 atom stereocenters. The molecule has 0 saturated carbocycles. The van der Waals surface area contributed by atoms with E-state index in [1.54, 1.807) is 0 Å². The third-order valence-corrected chi connectivity index (χ3v) is 3.59. The number of alkyl halides is 1. The molecule has 0 bridgehead atoms. The molecular formula is C15H29BrO2. The molecule has 0 unspecified atom stereocenters. The predicted octanol–water partition coefficient (Wildman–Crippen LogP) is 5.24. The molecule has 3 heteroatoms. The Labute approximate surface area is 121 Å². The number of hydrogen-bond acceptors (Lipinski definition) is 2. The molecule has 0 aliphatic rings. The van der Waals surface area contributed by atoms with Crippen LogP contribution < -0.4 is 0 Å². The highest BCUT2D eigenvalue weighted by molar-refractivity contribution is 9.09. The molecule has 0 aromatic rings. The molecule has 0 spiro atoms. The molecule has 0 saturated heterocycles. The topological polar surface area (TPSA) is 26.3 Å². The monoisotopic (exact) mass is 320 g/mol. The van der Waals surface area contributed by atoms with E-state index >= 15 is 0 Å². The van der Waals surface area contributed by atoms with E-state index in [9.17, 15) is 4.79 Å². The third kappa shape index (κ3) is 14.0. The number of unbranched alkanes of at least 4 members (excludes halogenated alkanes) is 8. The first kappa shape index (κ1) is 17.9. The van der Waals surface area contributed by atoms with Gasteiger partial charge >= 0.3 is 5.97 Å². The van der Waals surface area contributed by atoms with Crippen molar-refractivity contribution in [1.82, 2.24) is 0 Å². The largest absolute Gasteiger partial charge is 0.466 e. The Morgan fingerprint density at radius 1 is 0.889 bits per heavy atom. The van der Waals surface area contributed by atoms with E-state index in [4.69, 9.17) is 4.74 Å². The molecule has 2 nitrogen and oxygen atoms in total. The van der Waals surface area contributed by atoms with Crippen molar-refractivity contribution in [3.63, 3.8) is 0 Å². The second-order valence-electron chi connectivity index (χ2n) is 4.84. The Balaban J connectivity index is 3.12. The molecule has 0 aliphatic heterocycles. The van der Waals surface area contributed by atoms with Crippen molar-refractivity contribution >= 4 is 21.9 Å². The summed E-state index contributed by atoms with van der Waals surface area (Å²) < 4.78 is 5.18. The molecule has 0 amide bonds. The summed E-state index contributed by atoms with van der Waals surface area (Å²) in [5.41, 5.74) is 0. The van der Waals surface area contributed by atoms with Gasteiger partial charge in [-0.25, -0.2) is 0 Å². The Morgan fingerprint density at radius 2 is 1.50 bits per heavy atom. The van der Waals surface area contributed by atoms with Crippen molar-refractivity contribution in [2.24, 2.45) is 0 Å². The lowest BCUT2D eigenvalue weighted by atomic mass is 10.1. The summed E-state index contributed by atoms with van der Waals surface area (Å²) >= 11 is 3.39. The molecule has 0 fully saturated rings. The summed E-state index contributed by atoms with van der Waals surface area (Å²) in [5, 5.41) is 1.04. The van der Waals surface area contributed by atoms with Gasteiger partial charge in [-0.3, -0.25) is 4.79 Å². The normalized spacial score (nSPS) is 10.6. The van der Waals surface area contributed by atoms with Gasteiger partial charge < -0.3 is 4.74 Å². The Bertz CT molecular complexity index is 183. The van der Waals surface area contributed by atoms with E-state index in [1.807, 2.05) is 0 Å². The van der Waals surface area contributed by atoms with E-state index in [1.165, 1.54) is 38.5 Å². The number of carbonyl (C=O) groups excluding carboxylic acids is 1. The Morgan fingerprint density at radius 3 is 2.17 bits per heavy atom. The van der Waals surface area contributed by atoms with Gasteiger partial charge in [-0.1, -0.05) is 61.4 Å². The van der Waals surface area contributed by atoms with Gasteiger partial charge in [0.2, 0.25) is 0 Å². The van der Waals surface area contributed by atoms with Gasteiger partial charge in [0, 0.05) is 11.8 Å². The summed E-state index contributed by atoms with van der Waals surface area (Å²) in [6.45, 7) is 2.83. The highest BCUT2D eigenvalue weighted by atomic mass is 79.9. The summed E-state index contributed by atoms with van der Waals surface area (Å²) in [7, 11) is 0. The summed E-state index contributed by atoms with van der Waals surface area (Å²) in [5.74, 6) is -0.0117. The van der Waals surface area contributed by atoms with Crippen molar-refractivity contribution in [1.29, 1.82) is 0 Å². The van der Waals surface area contributed by atoms with Crippen molar-refractivity contribution in [3.8, 4) is 0 Å². The zero-order valence-corrected chi connectivity index (χ0v) is 13.5. The highest BCUT2D eigenvalue weighted by Crippen LogP contribution is 2.09. The number of hydrogen-bond donors (Lipinski definition) is 0. The van der Waals surface area contributed by atoms with Gasteiger partial charge in [0.05, 0.1) is 6.61 Å². The van der Waals surface area contributed by atoms with Gasteiger partial charge in [-0.05, 0) is 25.7 Å². The third-order valence-electron chi connectivity index (χ3n) is 3.03. The summed E-state index contributed by atoms with van der Waals surface area (Å²) in [6.07, 6.45) is 12.6. The number of halogens is 1. The Kier molecular flexibility index (Phi) is 15.0. The molecule has 0 N–H and O–H groups in total. The number of rotatable bonds is 13. The number of carbonyl (C=O) groups is 1. The second kappa shape index (κ2) is 15.0. The first-order chi connectivity index (χ1) is 8.81. The molecule has 0 aromatic carbocycles. The molecular weight excluding hydrogens is 292 g/mol. The van der Waals surface area contributed by atoms with Gasteiger partial charge in [0.25, 0.3) is 0 Å². The van der Waals surface area contributed by atoms with Gasteiger partial charge in [-0.15, -0.1) is 0 Å². The summed E-state index contributed by atoms with van der Waals surface area (Å²) in [4.78, 5) is 11.4. The van der Waals surface area contributed by atoms with Crippen molar-refractivity contribution < 1.29 is 9.53 Å². The fourth-order valence-corrected chi connectivity index (χ4v) is 2.25. The zero-order chi connectivity index (χ0) is 13.5. The van der Waals surface area contributed by atoms with Crippen LogP contribution in [0.5, 0.6) is 0 Å². The average Bonchev–Trinajstić information content (AvgIpc) is 2.37. The van der Waals surface area contributed by atoms with Crippen LogP contribution in [-0.2, 0) is 9.53 Å². The van der Waals surface area contributed by atoms with Gasteiger partial charge in [-0.2, -0.15) is 0 Å². The van der Waals surface area contributed by atoms with Crippen LogP contribution in [-0.4, -0.2) is 17.9 Å². The predicted molar refractivity (Wildman–Crippen MR) is 81.2 cm³/mol. The molecule has 0 aliphatic carbocycles. The standard InChI is InChI=1S/C15H29BrO2/c1-2-3-4-5-6-7-9-12-15(17)18-14-11-8-10-13-16/h2-14H2,1H3. The number of esters is 1. The molecule has 0 radical (unpaired) electrons. The van der Waals surface area contributed by atoms with Crippen LogP contribution in [0, 0.1) is 0 Å². The van der Waals surface area contributed by atoms with Gasteiger partial charge in [0.15, 0.2) is 0 Å². The van der Waals surface area contributed by atoms with Crippen molar-refractivity contribution in [2.75, 3.05) is 11.9 Å². The van der Waals surface area contributed by atoms with Crippen LogP contribution in [0.4, 0.5) is 0 Å². The fourth-order valence-electron chi connectivity index (χ4n) is 1.86. The minimum Gasteiger partial charge on any atom is -0.466 e. The Hall–Kier alpha value is -0.0500. The highest BCUT2D eigenvalue weighted by Gasteiger charge is 2.02. The lowest BCUT2D eigenvalue weighted by Gasteiger charge is -2.04. The van der Waals surface area contributed by atoms with E-state index < -0.39 is 0 Å². The molecule has 0 rings (SSSR count).